The number of carbonyl (C=O) groups is 2. The molecule has 1 aliphatic heterocycles. The molecule has 41 heavy (non-hydrogen) atoms. The van der Waals surface area contributed by atoms with Crippen molar-refractivity contribution >= 4 is 39.5 Å². The smallest absolute Gasteiger partial charge is 0.407 e. The number of anilines is 2. The molecule has 0 saturated carbocycles. The summed E-state index contributed by atoms with van der Waals surface area (Å²) in [5.74, 6) is -0.133. The maximum absolute atomic E-state index is 12.9. The minimum atomic E-state index is -0.662. The van der Waals surface area contributed by atoms with E-state index in [1.165, 1.54) is 23.8 Å². The normalized spacial score (nSPS) is 18.0. The summed E-state index contributed by atoms with van der Waals surface area (Å²) >= 11 is 3.42. The van der Waals surface area contributed by atoms with Gasteiger partial charge in [0.2, 0.25) is 0 Å². The third kappa shape index (κ3) is 7.98. The van der Waals surface area contributed by atoms with Gasteiger partial charge in [0.1, 0.15) is 42.7 Å². The number of phenols is 1. The number of aromatic nitrogens is 2. The Balaban J connectivity index is 1.37. The molecule has 1 amide bonds. The lowest BCUT2D eigenvalue weighted by Crippen LogP contribution is -2.28. The number of aromatic hydroxyl groups is 1. The summed E-state index contributed by atoms with van der Waals surface area (Å²) in [6.45, 7) is 3.62. The van der Waals surface area contributed by atoms with Gasteiger partial charge in [-0.25, -0.2) is 9.59 Å². The summed E-state index contributed by atoms with van der Waals surface area (Å²) in [7, 11) is 0. The standard InChI is InChI=1S/C28H31BrN4O8/c1-3-21-23(40-17(2)34)14-24(41-21)33-15-19(29)26(32-27(33)36)31-25-20(35)10-7-11-22(25)38-13-12-30-28(37)39-16-18-8-5-4-6-9-18/h4-11,15,21,23-24,35H,3,12-14,16H2,1-2H3,(H,30,37)(H,31,32,36)/t21-,23-,24-/m1/s1. The van der Waals surface area contributed by atoms with Crippen LogP contribution in [-0.4, -0.2) is 52.1 Å². The lowest BCUT2D eigenvalue weighted by molar-refractivity contribution is -0.149. The summed E-state index contributed by atoms with van der Waals surface area (Å²) < 4.78 is 24.0. The van der Waals surface area contributed by atoms with E-state index in [-0.39, 0.29) is 48.9 Å². The monoisotopic (exact) mass is 630 g/mol. The van der Waals surface area contributed by atoms with E-state index in [0.29, 0.717) is 17.3 Å². The number of para-hydroxylation sites is 1. The Hall–Kier alpha value is -4.10. The maximum Gasteiger partial charge on any atom is 0.407 e. The van der Waals surface area contributed by atoms with E-state index in [1.54, 1.807) is 12.1 Å². The lowest BCUT2D eigenvalue weighted by Gasteiger charge is -2.18. The van der Waals surface area contributed by atoms with Gasteiger partial charge in [0.15, 0.2) is 5.82 Å². The van der Waals surface area contributed by atoms with Crippen LogP contribution in [0.25, 0.3) is 0 Å². The van der Waals surface area contributed by atoms with E-state index in [1.807, 2.05) is 37.3 Å². The summed E-state index contributed by atoms with van der Waals surface area (Å²) in [6.07, 6.45) is 0.390. The highest BCUT2D eigenvalue weighted by Crippen LogP contribution is 2.37. The first-order chi connectivity index (χ1) is 19.7. The maximum atomic E-state index is 12.9. The van der Waals surface area contributed by atoms with E-state index < -0.39 is 30.1 Å². The van der Waals surface area contributed by atoms with Gasteiger partial charge in [-0.05, 0) is 40.0 Å². The van der Waals surface area contributed by atoms with Crippen LogP contribution in [0.15, 0.2) is 64.0 Å². The van der Waals surface area contributed by atoms with Crippen LogP contribution < -0.4 is 21.1 Å². The van der Waals surface area contributed by atoms with E-state index >= 15 is 0 Å². The van der Waals surface area contributed by atoms with Gasteiger partial charge in [0.25, 0.3) is 0 Å². The Bertz CT molecular complexity index is 1420. The van der Waals surface area contributed by atoms with Crippen molar-refractivity contribution in [1.29, 1.82) is 0 Å². The largest absolute Gasteiger partial charge is 0.506 e. The number of hydrogen-bond donors (Lipinski definition) is 3. The van der Waals surface area contributed by atoms with Crippen LogP contribution in [0.2, 0.25) is 0 Å². The molecule has 13 heteroatoms. The quantitative estimate of drug-likeness (QED) is 0.158. The number of benzene rings is 2. The highest BCUT2D eigenvalue weighted by atomic mass is 79.9. The van der Waals surface area contributed by atoms with Crippen molar-refractivity contribution in [2.45, 2.75) is 51.7 Å². The molecule has 1 aliphatic rings. The Kier molecular flexibility index (Phi) is 10.2. The molecule has 12 nitrogen and oxygen atoms in total. The fourth-order valence-electron chi connectivity index (χ4n) is 4.28. The van der Waals surface area contributed by atoms with Crippen LogP contribution in [0.3, 0.4) is 0 Å². The molecule has 0 aliphatic carbocycles. The van der Waals surface area contributed by atoms with Gasteiger partial charge in [0.05, 0.1) is 17.1 Å². The van der Waals surface area contributed by atoms with E-state index in [9.17, 15) is 19.5 Å². The molecule has 3 atom stereocenters. The number of rotatable bonds is 11. The number of nitrogens with one attached hydrogen (secondary N) is 2. The van der Waals surface area contributed by atoms with Gasteiger partial charge in [-0.2, -0.15) is 4.98 Å². The number of ether oxygens (including phenoxy) is 4. The highest BCUT2D eigenvalue weighted by molar-refractivity contribution is 9.10. The molecule has 1 aromatic heterocycles. The zero-order chi connectivity index (χ0) is 29.4. The first-order valence-electron chi connectivity index (χ1n) is 13.0. The third-order valence-electron chi connectivity index (χ3n) is 6.21. The van der Waals surface area contributed by atoms with E-state index in [0.717, 1.165) is 5.56 Å². The highest BCUT2D eigenvalue weighted by Gasteiger charge is 2.38. The minimum Gasteiger partial charge on any atom is -0.506 e. The van der Waals surface area contributed by atoms with Crippen molar-refractivity contribution in [3.05, 3.63) is 75.2 Å². The third-order valence-corrected chi connectivity index (χ3v) is 6.79. The molecule has 1 fully saturated rings. The Morgan fingerprint density at radius 3 is 2.71 bits per heavy atom. The second-order valence-electron chi connectivity index (χ2n) is 9.16. The lowest BCUT2D eigenvalue weighted by atomic mass is 10.1. The van der Waals surface area contributed by atoms with Crippen LogP contribution in [-0.2, 0) is 25.6 Å². The Morgan fingerprint density at radius 1 is 1.20 bits per heavy atom. The fourth-order valence-corrected chi connectivity index (χ4v) is 4.69. The summed E-state index contributed by atoms with van der Waals surface area (Å²) in [5.41, 5.74) is 0.451. The van der Waals surface area contributed by atoms with Gasteiger partial charge in [-0.3, -0.25) is 9.36 Å². The van der Waals surface area contributed by atoms with E-state index in [2.05, 4.69) is 31.5 Å². The first-order valence-corrected chi connectivity index (χ1v) is 13.8. The number of hydrogen-bond acceptors (Lipinski definition) is 10. The minimum absolute atomic E-state index is 0.0792. The van der Waals surface area contributed by atoms with Crippen LogP contribution >= 0.6 is 15.9 Å². The van der Waals surface area contributed by atoms with Gasteiger partial charge >= 0.3 is 17.8 Å². The topological polar surface area (TPSA) is 150 Å². The SMILES string of the molecule is CC[C@H]1O[C@@H](n2cc(Br)c(Nc3c(O)cccc3OCCNC(=O)OCc3ccccc3)nc2=O)C[C@H]1OC(C)=O. The number of phenolic OH excluding ortho intramolecular Hbond substituents is 1. The van der Waals surface area contributed by atoms with Gasteiger partial charge < -0.3 is 34.7 Å². The number of alkyl carbamates (subject to hydrolysis) is 1. The van der Waals surface area contributed by atoms with Crippen molar-refractivity contribution in [2.24, 2.45) is 0 Å². The van der Waals surface area contributed by atoms with Crippen molar-refractivity contribution in [3.63, 3.8) is 0 Å². The van der Waals surface area contributed by atoms with Crippen LogP contribution in [0.4, 0.5) is 16.3 Å². The Morgan fingerprint density at radius 2 is 1.98 bits per heavy atom. The average Bonchev–Trinajstić information content (AvgIpc) is 3.35. The van der Waals surface area contributed by atoms with Gasteiger partial charge in [-0.15, -0.1) is 0 Å². The van der Waals surface area contributed by atoms with Crippen molar-refractivity contribution < 1.29 is 33.6 Å². The molecule has 4 rings (SSSR count). The predicted molar refractivity (Wildman–Crippen MR) is 152 cm³/mol. The zero-order valence-corrected chi connectivity index (χ0v) is 24.1. The van der Waals surface area contributed by atoms with Crippen molar-refractivity contribution in [1.82, 2.24) is 14.9 Å². The number of halogens is 1. The zero-order valence-electron chi connectivity index (χ0n) is 22.5. The fraction of sp³-hybridized carbons (Fsp3) is 0.357. The molecule has 0 spiro atoms. The molecular formula is C28H31BrN4O8. The summed E-state index contributed by atoms with van der Waals surface area (Å²) in [4.78, 5) is 40.5. The summed E-state index contributed by atoms with van der Waals surface area (Å²) in [5, 5.41) is 16.0. The van der Waals surface area contributed by atoms with Crippen LogP contribution in [0.1, 0.15) is 38.5 Å². The molecule has 3 aromatic rings. The molecule has 2 aromatic carbocycles. The van der Waals surface area contributed by atoms with Gasteiger partial charge in [-0.1, -0.05) is 43.3 Å². The molecule has 3 N–H and O–H groups in total. The van der Waals surface area contributed by atoms with Crippen LogP contribution in [0, 0.1) is 0 Å². The molecule has 218 valence electrons. The Labute approximate surface area is 244 Å². The number of esters is 1. The molecule has 0 bridgehead atoms. The molecule has 1 saturated heterocycles. The van der Waals surface area contributed by atoms with Crippen LogP contribution in [0.5, 0.6) is 11.5 Å². The van der Waals surface area contributed by atoms with Crippen molar-refractivity contribution in [2.75, 3.05) is 18.5 Å². The molecule has 0 radical (unpaired) electrons. The second kappa shape index (κ2) is 14.0. The first kappa shape index (κ1) is 29.9. The molecule has 2 heterocycles. The van der Waals surface area contributed by atoms with Gasteiger partial charge in [0, 0.05) is 19.5 Å². The average molecular weight is 631 g/mol. The number of nitrogens with zero attached hydrogens (tertiary/aromatic N) is 2. The van der Waals surface area contributed by atoms with E-state index in [4.69, 9.17) is 18.9 Å². The van der Waals surface area contributed by atoms with Crippen molar-refractivity contribution in [3.8, 4) is 11.5 Å². The number of amides is 1. The molecular weight excluding hydrogens is 600 g/mol. The molecule has 0 unspecified atom stereocenters. The summed E-state index contributed by atoms with van der Waals surface area (Å²) in [6, 6.07) is 14.0. The predicted octanol–water partition coefficient (Wildman–Crippen LogP) is 4.39. The second-order valence-corrected chi connectivity index (χ2v) is 10.0. The number of carbonyl (C=O) groups excluding carboxylic acids is 2.